The first-order chi connectivity index (χ1) is 11.4. The van der Waals surface area contributed by atoms with Crippen LogP contribution < -0.4 is 0 Å². The average molecular weight is 343 g/mol. The maximum atomic E-state index is 12.4. The van der Waals surface area contributed by atoms with Crippen molar-refractivity contribution in [2.24, 2.45) is 7.05 Å². The van der Waals surface area contributed by atoms with Crippen LogP contribution in [-0.2, 0) is 18.4 Å². The Balaban J connectivity index is 1.77. The summed E-state index contributed by atoms with van der Waals surface area (Å²) in [7, 11) is 1.87. The van der Waals surface area contributed by atoms with Crippen LogP contribution in [0.15, 0.2) is 47.6 Å². The van der Waals surface area contributed by atoms with Gasteiger partial charge in [0.2, 0.25) is 0 Å². The molecule has 0 unspecified atom stereocenters. The summed E-state index contributed by atoms with van der Waals surface area (Å²) in [5.74, 6) is -0.354. The Morgan fingerprint density at radius 3 is 2.50 bits per heavy atom. The number of thioether (sulfide) groups is 1. The van der Waals surface area contributed by atoms with Gasteiger partial charge in [-0.2, -0.15) is 0 Å². The van der Waals surface area contributed by atoms with Crippen LogP contribution in [0.25, 0.3) is 6.08 Å². The molecule has 0 atom stereocenters. The Kier molecular flexibility index (Phi) is 4.22. The molecule has 2 amide bonds. The zero-order valence-corrected chi connectivity index (χ0v) is 13.5. The summed E-state index contributed by atoms with van der Waals surface area (Å²) in [6, 6.07) is 7.65. The molecule has 8 heteroatoms. The molecule has 0 N–H and O–H groups in total. The van der Waals surface area contributed by atoms with Crippen molar-refractivity contribution in [2.75, 3.05) is 0 Å². The van der Waals surface area contributed by atoms with Gasteiger partial charge in [-0.3, -0.25) is 24.6 Å². The second-order valence-corrected chi connectivity index (χ2v) is 6.29. The van der Waals surface area contributed by atoms with Crippen LogP contribution in [0.1, 0.15) is 11.1 Å². The van der Waals surface area contributed by atoms with Crippen molar-refractivity contribution in [3.05, 3.63) is 68.9 Å². The summed E-state index contributed by atoms with van der Waals surface area (Å²) in [6.45, 7) is 0.0921. The molecule has 7 nitrogen and oxygen atoms in total. The molecule has 1 aromatic heterocycles. The van der Waals surface area contributed by atoms with Crippen LogP contribution in [0, 0.1) is 10.1 Å². The fourth-order valence-electron chi connectivity index (χ4n) is 2.30. The number of rotatable bonds is 4. The van der Waals surface area contributed by atoms with E-state index < -0.39 is 4.92 Å². The van der Waals surface area contributed by atoms with Crippen molar-refractivity contribution in [1.29, 1.82) is 0 Å². The van der Waals surface area contributed by atoms with E-state index in [2.05, 4.69) is 0 Å². The van der Waals surface area contributed by atoms with Gasteiger partial charge in [0.15, 0.2) is 0 Å². The molecule has 2 aromatic rings. The van der Waals surface area contributed by atoms with Gasteiger partial charge < -0.3 is 4.57 Å². The topological polar surface area (TPSA) is 85.4 Å². The number of non-ortho nitro benzene ring substituents is 1. The Morgan fingerprint density at radius 2 is 1.92 bits per heavy atom. The fraction of sp³-hybridized carbons (Fsp3) is 0.125. The summed E-state index contributed by atoms with van der Waals surface area (Å²) in [4.78, 5) is 36.2. The first kappa shape index (κ1) is 16.0. The summed E-state index contributed by atoms with van der Waals surface area (Å²) >= 11 is 0.894. The summed E-state index contributed by atoms with van der Waals surface area (Å²) in [5.41, 5.74) is 1.47. The number of amides is 2. The number of aryl methyl sites for hydroxylation is 1. The summed E-state index contributed by atoms with van der Waals surface area (Å²) < 4.78 is 1.85. The molecule has 122 valence electrons. The first-order valence-electron chi connectivity index (χ1n) is 7.05. The molecule has 1 aliphatic rings. The van der Waals surface area contributed by atoms with E-state index in [1.54, 1.807) is 18.2 Å². The minimum Gasteiger partial charge on any atom is -0.357 e. The number of nitrogens with zero attached hydrogens (tertiary/aromatic N) is 3. The number of hydrogen-bond acceptors (Lipinski definition) is 5. The third-order valence-corrected chi connectivity index (χ3v) is 4.42. The van der Waals surface area contributed by atoms with Crippen molar-refractivity contribution in [3.8, 4) is 0 Å². The first-order valence-corrected chi connectivity index (χ1v) is 7.86. The number of hydrogen-bond donors (Lipinski definition) is 0. The number of carbonyl (C=O) groups is 2. The number of carbonyl (C=O) groups excluding carboxylic acids is 2. The highest BCUT2D eigenvalue weighted by Crippen LogP contribution is 2.33. The number of nitro groups is 1. The maximum absolute atomic E-state index is 12.4. The molecule has 3 rings (SSSR count). The van der Waals surface area contributed by atoms with Crippen LogP contribution in [0.2, 0.25) is 0 Å². The number of imide groups is 1. The summed E-state index contributed by atoms with van der Waals surface area (Å²) in [6.07, 6.45) is 5.39. The molecule has 2 heterocycles. The smallest absolute Gasteiger partial charge is 0.293 e. The van der Waals surface area contributed by atoms with Gasteiger partial charge in [-0.1, -0.05) is 12.1 Å². The van der Waals surface area contributed by atoms with E-state index in [-0.39, 0.29) is 23.4 Å². The van der Waals surface area contributed by atoms with Gasteiger partial charge in [0, 0.05) is 31.6 Å². The van der Waals surface area contributed by atoms with Gasteiger partial charge in [0.05, 0.1) is 16.4 Å². The minimum absolute atomic E-state index is 0.0307. The normalized spacial score (nSPS) is 16.2. The van der Waals surface area contributed by atoms with E-state index in [1.807, 2.05) is 30.1 Å². The molecule has 0 bridgehead atoms. The average Bonchev–Trinajstić information content (AvgIpc) is 3.06. The molecule has 0 aliphatic carbocycles. The Bertz CT molecular complexity index is 854. The molecule has 24 heavy (non-hydrogen) atoms. The molecule has 1 fully saturated rings. The zero-order valence-electron chi connectivity index (χ0n) is 12.7. The van der Waals surface area contributed by atoms with Crippen molar-refractivity contribution in [2.45, 2.75) is 6.54 Å². The Morgan fingerprint density at radius 1 is 1.21 bits per heavy atom. The zero-order chi connectivity index (χ0) is 17.3. The van der Waals surface area contributed by atoms with Crippen molar-refractivity contribution >= 4 is 34.7 Å². The van der Waals surface area contributed by atoms with Crippen LogP contribution in [0.4, 0.5) is 10.5 Å². The highest BCUT2D eigenvalue weighted by Gasteiger charge is 2.35. The van der Waals surface area contributed by atoms with Crippen molar-refractivity contribution in [3.63, 3.8) is 0 Å². The Labute approximate surface area is 141 Å². The van der Waals surface area contributed by atoms with Gasteiger partial charge in [-0.05, 0) is 35.0 Å². The molecular formula is C16H13N3O4S. The fourth-order valence-corrected chi connectivity index (χ4v) is 3.14. The monoisotopic (exact) mass is 343 g/mol. The third kappa shape index (κ3) is 3.23. The minimum atomic E-state index is -0.494. The lowest BCUT2D eigenvalue weighted by atomic mass is 10.2. The lowest BCUT2D eigenvalue weighted by Crippen LogP contribution is -2.27. The van der Waals surface area contributed by atoms with E-state index in [0.29, 0.717) is 10.5 Å². The quantitative estimate of drug-likeness (QED) is 0.483. The molecule has 0 radical (unpaired) electrons. The molecule has 0 spiro atoms. The number of benzene rings is 1. The highest BCUT2D eigenvalue weighted by atomic mass is 32.2. The lowest BCUT2D eigenvalue weighted by Gasteiger charge is -2.12. The number of nitro benzene ring substituents is 1. The standard InChI is InChI=1S/C16H13N3O4S/c1-17-7-6-12(9-17)8-14-15(20)18(16(21)24-14)10-11-2-4-13(5-3-11)19(22)23/h2-9H,10H2,1H3/b14-8+. The lowest BCUT2D eigenvalue weighted by molar-refractivity contribution is -0.384. The predicted molar refractivity (Wildman–Crippen MR) is 90.0 cm³/mol. The molecule has 1 aliphatic heterocycles. The largest absolute Gasteiger partial charge is 0.357 e. The van der Waals surface area contributed by atoms with Gasteiger partial charge in [0.25, 0.3) is 16.8 Å². The van der Waals surface area contributed by atoms with E-state index >= 15 is 0 Å². The second-order valence-electron chi connectivity index (χ2n) is 5.30. The SMILES string of the molecule is Cn1ccc(/C=C2/SC(=O)N(Cc3ccc([N+](=O)[O-])cc3)C2=O)c1. The van der Waals surface area contributed by atoms with Crippen LogP contribution >= 0.6 is 11.8 Å². The van der Waals surface area contributed by atoms with E-state index in [9.17, 15) is 19.7 Å². The van der Waals surface area contributed by atoms with Crippen molar-refractivity contribution < 1.29 is 14.5 Å². The van der Waals surface area contributed by atoms with Gasteiger partial charge in [-0.25, -0.2) is 0 Å². The van der Waals surface area contributed by atoms with E-state index in [4.69, 9.17) is 0 Å². The summed E-state index contributed by atoms with van der Waals surface area (Å²) in [5, 5.41) is 10.3. The van der Waals surface area contributed by atoms with Crippen LogP contribution in [0.3, 0.4) is 0 Å². The number of aromatic nitrogens is 1. The molecule has 1 saturated heterocycles. The Hall–Kier alpha value is -2.87. The molecular weight excluding hydrogens is 330 g/mol. The van der Waals surface area contributed by atoms with E-state index in [1.165, 1.54) is 12.1 Å². The van der Waals surface area contributed by atoms with Gasteiger partial charge >= 0.3 is 0 Å². The van der Waals surface area contributed by atoms with Gasteiger partial charge in [0.1, 0.15) is 0 Å². The molecule has 1 aromatic carbocycles. The van der Waals surface area contributed by atoms with E-state index in [0.717, 1.165) is 22.2 Å². The highest BCUT2D eigenvalue weighted by molar-refractivity contribution is 8.18. The molecule has 0 saturated carbocycles. The van der Waals surface area contributed by atoms with Crippen LogP contribution in [-0.4, -0.2) is 25.5 Å². The maximum Gasteiger partial charge on any atom is 0.293 e. The predicted octanol–water partition coefficient (Wildman–Crippen LogP) is 3.17. The third-order valence-electron chi connectivity index (χ3n) is 3.51. The van der Waals surface area contributed by atoms with Crippen molar-refractivity contribution in [1.82, 2.24) is 9.47 Å². The second kappa shape index (κ2) is 6.32. The van der Waals surface area contributed by atoms with Crippen LogP contribution in [0.5, 0.6) is 0 Å². The van der Waals surface area contributed by atoms with Gasteiger partial charge in [-0.15, -0.1) is 0 Å².